The number of rotatable bonds is 6. The minimum atomic E-state index is -0.814. The molecule has 2 aliphatic rings. The van der Waals surface area contributed by atoms with Gasteiger partial charge in [-0.2, -0.15) is 0 Å². The van der Waals surface area contributed by atoms with Crippen molar-refractivity contribution in [1.29, 1.82) is 0 Å². The molecule has 0 bridgehead atoms. The van der Waals surface area contributed by atoms with E-state index in [2.05, 4.69) is 32.0 Å². The van der Waals surface area contributed by atoms with Crippen LogP contribution < -0.4 is 10.0 Å². The van der Waals surface area contributed by atoms with Crippen molar-refractivity contribution in [2.45, 2.75) is 58.4 Å². The van der Waals surface area contributed by atoms with Gasteiger partial charge in [0.05, 0.1) is 12.5 Å². The third kappa shape index (κ3) is 9.54. The Kier molecular flexibility index (Phi) is 12.8. The number of nitrogens with one attached hydrogen (secondary N) is 1. The summed E-state index contributed by atoms with van der Waals surface area (Å²) in [6.45, 7) is 5.94. The highest BCUT2D eigenvalue weighted by molar-refractivity contribution is 8.01. The van der Waals surface area contributed by atoms with Gasteiger partial charge in [0.1, 0.15) is 0 Å². The molecular formula is C24H31ClNO2PS. The number of carboxylic acid groups (broad SMARTS) is 1. The minimum Gasteiger partial charge on any atom is -0.481 e. The van der Waals surface area contributed by atoms with Crippen molar-refractivity contribution < 1.29 is 9.90 Å². The number of benzene rings is 1. The Morgan fingerprint density at radius 2 is 2.13 bits per heavy atom. The summed E-state index contributed by atoms with van der Waals surface area (Å²) in [5.41, 5.74) is 2.51. The second-order valence-corrected chi connectivity index (χ2v) is 8.56. The summed E-state index contributed by atoms with van der Waals surface area (Å²) in [4.78, 5) is 11.4. The number of hydrogen-bond acceptors (Lipinski definition) is 3. The van der Waals surface area contributed by atoms with E-state index < -0.39 is 5.97 Å². The van der Waals surface area contributed by atoms with Crippen molar-refractivity contribution in [1.82, 2.24) is 4.72 Å². The third-order valence-electron chi connectivity index (χ3n) is 4.24. The molecule has 0 radical (unpaired) electrons. The molecule has 3 nitrogen and oxygen atoms in total. The van der Waals surface area contributed by atoms with Crippen LogP contribution in [0.25, 0.3) is 0 Å². The zero-order valence-corrected chi connectivity index (χ0v) is 20.5. The van der Waals surface area contributed by atoms with Crippen LogP contribution in [0.15, 0.2) is 53.0 Å². The van der Waals surface area contributed by atoms with E-state index in [0.717, 1.165) is 26.7 Å². The van der Waals surface area contributed by atoms with Gasteiger partial charge < -0.3 is 5.11 Å². The van der Waals surface area contributed by atoms with Gasteiger partial charge in [-0.3, -0.25) is 4.79 Å². The lowest BCUT2D eigenvalue weighted by Crippen LogP contribution is -2.17. The van der Waals surface area contributed by atoms with E-state index in [1.807, 2.05) is 51.1 Å². The fourth-order valence-electron chi connectivity index (χ4n) is 2.70. The summed E-state index contributed by atoms with van der Waals surface area (Å²) in [5, 5.41) is 10.7. The molecule has 1 aromatic rings. The van der Waals surface area contributed by atoms with Crippen molar-refractivity contribution in [3.8, 4) is 12.3 Å². The Morgan fingerprint density at radius 1 is 1.43 bits per heavy atom. The van der Waals surface area contributed by atoms with Gasteiger partial charge in [0.15, 0.2) is 0 Å². The van der Waals surface area contributed by atoms with Gasteiger partial charge in [-0.1, -0.05) is 61.9 Å². The second-order valence-electron chi connectivity index (χ2n) is 6.57. The van der Waals surface area contributed by atoms with Gasteiger partial charge in [0.25, 0.3) is 0 Å². The Bertz CT molecular complexity index is 838. The summed E-state index contributed by atoms with van der Waals surface area (Å²) in [6.07, 6.45) is 16.4. The lowest BCUT2D eigenvalue weighted by atomic mass is 10.1. The van der Waals surface area contributed by atoms with Crippen molar-refractivity contribution in [2.75, 3.05) is 0 Å². The maximum Gasteiger partial charge on any atom is 0.308 e. The number of hydrogen-bond donors (Lipinski definition) is 2. The number of aliphatic carboxylic acids is 1. The monoisotopic (exact) mass is 463 g/mol. The quantitative estimate of drug-likeness (QED) is 0.227. The molecule has 1 heterocycles. The fraction of sp³-hybridized carbons (Fsp3) is 0.375. The standard InChI is InChI=1S/C13H15NO2S.C9H10ClP.C2H6/c1-3-5-7-10(6-4-2)12-8-11(17-14-12)9-13(15)16;10-8-4-3-7(5-9(8)11)6-1-2-6;1-2/h1,4,6-8,12,14H,5,9H2,2H3,(H,15,16);3-6H,1-2,11H2;1-2H3/b6-4-,10-7+;;. The summed E-state index contributed by atoms with van der Waals surface area (Å²) >= 11 is 7.26. The zero-order valence-electron chi connectivity index (χ0n) is 17.8. The van der Waals surface area contributed by atoms with Crippen LogP contribution in [0.1, 0.15) is 57.9 Å². The Balaban J connectivity index is 0.000000296. The average Bonchev–Trinajstić information content (AvgIpc) is 3.48. The molecule has 162 valence electrons. The van der Waals surface area contributed by atoms with Gasteiger partial charge in [0, 0.05) is 16.3 Å². The summed E-state index contributed by atoms with van der Waals surface area (Å²) in [7, 11) is 2.66. The van der Waals surface area contributed by atoms with Crippen LogP contribution in [0.2, 0.25) is 5.02 Å². The average molecular weight is 464 g/mol. The van der Waals surface area contributed by atoms with Crippen molar-refractivity contribution in [3.63, 3.8) is 0 Å². The van der Waals surface area contributed by atoms with Crippen molar-refractivity contribution in [3.05, 3.63) is 63.6 Å². The summed E-state index contributed by atoms with van der Waals surface area (Å²) in [6, 6.07) is 6.33. The van der Waals surface area contributed by atoms with Gasteiger partial charge in [-0.15, -0.1) is 21.6 Å². The largest absolute Gasteiger partial charge is 0.481 e. The van der Waals surface area contributed by atoms with E-state index in [1.54, 1.807) is 0 Å². The van der Waals surface area contributed by atoms with E-state index in [1.165, 1.54) is 30.4 Å². The molecule has 3 rings (SSSR count). The molecule has 0 saturated heterocycles. The third-order valence-corrected chi connectivity index (χ3v) is 6.16. The number of carbonyl (C=O) groups is 1. The first-order valence-electron chi connectivity index (χ1n) is 10.1. The molecule has 2 N–H and O–H groups in total. The summed E-state index contributed by atoms with van der Waals surface area (Å²) in [5.74, 6) is 2.58. The lowest BCUT2D eigenvalue weighted by molar-refractivity contribution is -0.136. The van der Waals surface area contributed by atoms with E-state index in [9.17, 15) is 4.79 Å². The molecule has 1 fully saturated rings. The minimum absolute atomic E-state index is 0.0406. The van der Waals surface area contributed by atoms with Crippen LogP contribution >= 0.6 is 32.8 Å². The molecule has 1 saturated carbocycles. The van der Waals surface area contributed by atoms with Gasteiger partial charge >= 0.3 is 5.97 Å². The van der Waals surface area contributed by atoms with Gasteiger partial charge in [-0.05, 0) is 60.1 Å². The number of carboxylic acids is 1. The van der Waals surface area contributed by atoms with Crippen LogP contribution in [-0.4, -0.2) is 17.1 Å². The predicted octanol–water partition coefficient (Wildman–Crippen LogP) is 6.23. The van der Waals surface area contributed by atoms with Crippen LogP contribution in [0.3, 0.4) is 0 Å². The van der Waals surface area contributed by atoms with E-state index in [4.69, 9.17) is 23.1 Å². The van der Waals surface area contributed by atoms with E-state index in [0.29, 0.717) is 6.42 Å². The number of terminal acetylenes is 1. The highest BCUT2D eigenvalue weighted by Gasteiger charge is 2.23. The topological polar surface area (TPSA) is 49.3 Å². The maximum atomic E-state index is 10.6. The van der Waals surface area contributed by atoms with Crippen LogP contribution in [0.5, 0.6) is 0 Å². The Hall–Kier alpha value is -1.50. The fourth-order valence-corrected chi connectivity index (χ4v) is 3.99. The van der Waals surface area contributed by atoms with Crippen LogP contribution in [-0.2, 0) is 4.79 Å². The second kappa shape index (κ2) is 14.5. The molecule has 0 aromatic heterocycles. The number of allylic oxidation sites excluding steroid dienone is 2. The van der Waals surface area contributed by atoms with E-state index >= 15 is 0 Å². The summed E-state index contributed by atoms with van der Waals surface area (Å²) < 4.78 is 3.18. The SMILES string of the molecule is C#CC/C=C(\C=C/C)C1C=C(CC(=O)O)SN1.CC.Pc1cc(C2CC2)ccc1Cl. The smallest absolute Gasteiger partial charge is 0.308 e. The van der Waals surface area contributed by atoms with Crippen LogP contribution in [0.4, 0.5) is 0 Å². The Morgan fingerprint density at radius 3 is 2.67 bits per heavy atom. The highest BCUT2D eigenvalue weighted by Crippen LogP contribution is 2.40. The van der Waals surface area contributed by atoms with Gasteiger partial charge in [-0.25, -0.2) is 4.72 Å². The molecule has 30 heavy (non-hydrogen) atoms. The molecule has 0 amide bonds. The van der Waals surface area contributed by atoms with Crippen molar-refractivity contribution in [2.24, 2.45) is 0 Å². The molecular weight excluding hydrogens is 433 g/mol. The zero-order chi connectivity index (χ0) is 22.5. The Labute approximate surface area is 192 Å². The molecule has 1 aromatic carbocycles. The highest BCUT2D eigenvalue weighted by atomic mass is 35.5. The number of halogens is 1. The van der Waals surface area contributed by atoms with E-state index in [-0.39, 0.29) is 12.5 Å². The van der Waals surface area contributed by atoms with Gasteiger partial charge in [0.2, 0.25) is 0 Å². The first-order chi connectivity index (χ1) is 14.4. The first kappa shape index (κ1) is 26.5. The molecule has 1 aliphatic carbocycles. The van der Waals surface area contributed by atoms with Crippen LogP contribution in [0, 0.1) is 12.3 Å². The molecule has 2 unspecified atom stereocenters. The van der Waals surface area contributed by atoms with Crippen molar-refractivity contribution >= 4 is 44.1 Å². The lowest BCUT2D eigenvalue weighted by Gasteiger charge is -2.08. The molecule has 6 heteroatoms. The molecule has 2 atom stereocenters. The normalized spacial score (nSPS) is 17.9. The predicted molar refractivity (Wildman–Crippen MR) is 135 cm³/mol. The molecule has 0 spiro atoms. The first-order valence-corrected chi connectivity index (χ1v) is 11.9. The maximum absolute atomic E-state index is 10.6. The molecule has 1 aliphatic heterocycles.